The molecule has 0 spiro atoms. The van der Waals surface area contributed by atoms with Crippen molar-refractivity contribution in [3.8, 4) is 11.3 Å². The van der Waals surface area contributed by atoms with E-state index in [-0.39, 0.29) is 0 Å². The lowest BCUT2D eigenvalue weighted by molar-refractivity contribution is 0.259. The topological polar surface area (TPSA) is 12.9 Å². The Morgan fingerprint density at radius 3 is 2.11 bits per heavy atom. The minimum absolute atomic E-state index is 0.953. The Morgan fingerprint density at radius 2 is 1.46 bits per heavy atom. The van der Waals surface area contributed by atoms with Crippen LogP contribution in [0.3, 0.4) is 0 Å². The third-order valence-corrected chi connectivity index (χ3v) is 6.78. The molecule has 0 bridgehead atoms. The van der Waals surface area contributed by atoms with Crippen LogP contribution in [0.25, 0.3) is 11.3 Å². The van der Waals surface area contributed by atoms with Crippen molar-refractivity contribution < 1.29 is 0 Å². The first kappa shape index (κ1) is 21.1. The molecular weight excluding hydrogens is 338 g/mol. The predicted octanol–water partition coefficient (Wildman–Crippen LogP) is 8.02. The Hall–Kier alpha value is -1.63. The van der Waals surface area contributed by atoms with Gasteiger partial charge in [-0.1, -0.05) is 95.5 Å². The fourth-order valence-corrected chi connectivity index (χ4v) is 4.64. The number of benzene rings is 1. The van der Waals surface area contributed by atoms with Crippen LogP contribution in [-0.4, -0.2) is 4.98 Å². The van der Waals surface area contributed by atoms with E-state index in [1.165, 1.54) is 87.3 Å². The summed E-state index contributed by atoms with van der Waals surface area (Å²) in [6.07, 6.45) is 18.3. The molecule has 1 saturated carbocycles. The van der Waals surface area contributed by atoms with Crippen LogP contribution in [-0.2, 0) is 12.8 Å². The van der Waals surface area contributed by atoms with Gasteiger partial charge in [-0.2, -0.15) is 0 Å². The summed E-state index contributed by atoms with van der Waals surface area (Å²) in [6.45, 7) is 4.61. The van der Waals surface area contributed by atoms with Gasteiger partial charge in [-0.3, -0.25) is 4.98 Å². The van der Waals surface area contributed by atoms with E-state index in [0.29, 0.717) is 0 Å². The molecule has 1 heterocycles. The molecule has 0 atom stereocenters. The van der Waals surface area contributed by atoms with Crippen LogP contribution in [0.5, 0.6) is 0 Å². The Balaban J connectivity index is 1.46. The molecule has 0 saturated heterocycles. The lowest BCUT2D eigenvalue weighted by Crippen LogP contribution is -2.14. The quantitative estimate of drug-likeness (QED) is 0.382. The van der Waals surface area contributed by atoms with Gasteiger partial charge in [0.15, 0.2) is 0 Å². The number of rotatable bonds is 10. The molecule has 0 amide bonds. The first-order valence-electron chi connectivity index (χ1n) is 11.8. The lowest BCUT2D eigenvalue weighted by atomic mass is 9.78. The highest BCUT2D eigenvalue weighted by Gasteiger charge is 2.19. The van der Waals surface area contributed by atoms with E-state index in [1.54, 1.807) is 0 Å². The van der Waals surface area contributed by atoms with Gasteiger partial charge in [-0.25, -0.2) is 0 Å². The van der Waals surface area contributed by atoms with Crippen LogP contribution in [0.4, 0.5) is 0 Å². The highest BCUT2D eigenvalue weighted by atomic mass is 14.7. The van der Waals surface area contributed by atoms with Gasteiger partial charge in [0.25, 0.3) is 0 Å². The van der Waals surface area contributed by atoms with Crippen LogP contribution < -0.4 is 0 Å². The van der Waals surface area contributed by atoms with Crippen LogP contribution in [0.15, 0.2) is 42.6 Å². The van der Waals surface area contributed by atoms with Gasteiger partial charge < -0.3 is 0 Å². The minimum atomic E-state index is 0.953. The summed E-state index contributed by atoms with van der Waals surface area (Å²) < 4.78 is 0. The Kier molecular flexibility index (Phi) is 8.58. The number of aromatic nitrogens is 1. The van der Waals surface area contributed by atoms with Crippen molar-refractivity contribution in [2.75, 3.05) is 0 Å². The van der Waals surface area contributed by atoms with Crippen LogP contribution >= 0.6 is 0 Å². The molecule has 0 N–H and O–H groups in total. The van der Waals surface area contributed by atoms with E-state index in [9.17, 15) is 0 Å². The highest BCUT2D eigenvalue weighted by molar-refractivity contribution is 5.59. The van der Waals surface area contributed by atoms with Gasteiger partial charge in [0, 0.05) is 11.8 Å². The number of pyridine rings is 1. The number of aryl methyl sites for hydroxylation is 2. The van der Waals surface area contributed by atoms with Gasteiger partial charge in [0.05, 0.1) is 5.69 Å². The van der Waals surface area contributed by atoms with Crippen LogP contribution in [0, 0.1) is 11.8 Å². The first-order valence-corrected chi connectivity index (χ1v) is 11.8. The third-order valence-electron chi connectivity index (χ3n) is 6.78. The second-order valence-electron chi connectivity index (χ2n) is 8.89. The van der Waals surface area contributed by atoms with Crippen molar-refractivity contribution >= 4 is 0 Å². The molecule has 1 aliphatic carbocycles. The van der Waals surface area contributed by atoms with E-state index < -0.39 is 0 Å². The Bertz CT molecular complexity index is 662. The summed E-state index contributed by atoms with van der Waals surface area (Å²) in [6, 6.07) is 13.6. The summed E-state index contributed by atoms with van der Waals surface area (Å²) in [5, 5.41) is 0. The molecule has 1 aromatic carbocycles. The predicted molar refractivity (Wildman–Crippen MR) is 122 cm³/mol. The number of unbranched alkanes of at least 4 members (excludes halogenated alkanes) is 3. The van der Waals surface area contributed by atoms with E-state index in [0.717, 1.165) is 24.0 Å². The third kappa shape index (κ3) is 6.47. The van der Waals surface area contributed by atoms with Crippen molar-refractivity contribution in [1.29, 1.82) is 0 Å². The van der Waals surface area contributed by atoms with Gasteiger partial charge in [0.1, 0.15) is 0 Å². The van der Waals surface area contributed by atoms with Crippen LogP contribution in [0.1, 0.15) is 89.2 Å². The molecule has 2 aromatic rings. The molecule has 28 heavy (non-hydrogen) atoms. The molecule has 1 fully saturated rings. The SMILES string of the molecule is CCCCCCc1ccc(-c2ccc(CCC3CCC(CC)CC3)cc2)nc1. The van der Waals surface area contributed by atoms with Crippen molar-refractivity contribution in [1.82, 2.24) is 4.98 Å². The fraction of sp³-hybridized carbons (Fsp3) is 0.593. The van der Waals surface area contributed by atoms with E-state index in [4.69, 9.17) is 4.98 Å². The zero-order chi connectivity index (χ0) is 19.6. The monoisotopic (exact) mass is 377 g/mol. The highest BCUT2D eigenvalue weighted by Crippen LogP contribution is 2.33. The maximum absolute atomic E-state index is 4.71. The second kappa shape index (κ2) is 11.4. The van der Waals surface area contributed by atoms with E-state index in [1.807, 2.05) is 0 Å². The molecule has 152 valence electrons. The molecule has 0 radical (unpaired) electrons. The lowest BCUT2D eigenvalue weighted by Gasteiger charge is -2.27. The first-order chi connectivity index (χ1) is 13.8. The molecule has 1 heteroatoms. The normalized spacial score (nSPS) is 19.6. The van der Waals surface area contributed by atoms with Crippen molar-refractivity contribution in [3.63, 3.8) is 0 Å². The summed E-state index contributed by atoms with van der Waals surface area (Å²) in [5.74, 6) is 1.96. The van der Waals surface area contributed by atoms with Crippen molar-refractivity contribution in [2.45, 2.75) is 90.9 Å². The standard InChI is InChI=1S/C27H39N/c1-3-5-6-7-8-25-17-20-27(28-21-25)26-18-15-24(16-19-26)14-13-23-11-9-22(4-2)10-12-23/h15-23H,3-14H2,1-2H3. The van der Waals surface area contributed by atoms with Gasteiger partial charge in [-0.05, 0) is 54.7 Å². The average Bonchev–Trinajstić information content (AvgIpc) is 2.76. The fourth-order valence-electron chi connectivity index (χ4n) is 4.64. The molecule has 0 unspecified atom stereocenters. The van der Waals surface area contributed by atoms with Crippen LogP contribution in [0.2, 0.25) is 0 Å². The average molecular weight is 378 g/mol. The summed E-state index contributed by atoms with van der Waals surface area (Å²) in [7, 11) is 0. The van der Waals surface area contributed by atoms with Gasteiger partial charge >= 0.3 is 0 Å². The number of nitrogens with zero attached hydrogens (tertiary/aromatic N) is 1. The summed E-state index contributed by atoms with van der Waals surface area (Å²) in [4.78, 5) is 4.71. The Morgan fingerprint density at radius 1 is 0.750 bits per heavy atom. The summed E-state index contributed by atoms with van der Waals surface area (Å²) in [5.41, 5.74) is 5.19. The Labute approximate surface area is 173 Å². The molecule has 1 aromatic heterocycles. The van der Waals surface area contributed by atoms with Crippen molar-refractivity contribution in [3.05, 3.63) is 53.7 Å². The smallest absolute Gasteiger partial charge is 0.0702 e. The van der Waals surface area contributed by atoms with E-state index >= 15 is 0 Å². The molecule has 1 aliphatic rings. The largest absolute Gasteiger partial charge is 0.256 e. The van der Waals surface area contributed by atoms with E-state index in [2.05, 4.69) is 56.4 Å². The zero-order valence-electron chi connectivity index (χ0n) is 18.1. The maximum Gasteiger partial charge on any atom is 0.0702 e. The molecular formula is C27H39N. The summed E-state index contributed by atoms with van der Waals surface area (Å²) >= 11 is 0. The zero-order valence-corrected chi connectivity index (χ0v) is 18.1. The van der Waals surface area contributed by atoms with Gasteiger partial charge in [0.2, 0.25) is 0 Å². The second-order valence-corrected chi connectivity index (χ2v) is 8.89. The minimum Gasteiger partial charge on any atom is -0.256 e. The molecule has 3 rings (SSSR count). The van der Waals surface area contributed by atoms with Crippen molar-refractivity contribution in [2.24, 2.45) is 11.8 Å². The maximum atomic E-state index is 4.71. The number of hydrogen-bond acceptors (Lipinski definition) is 1. The molecule has 1 nitrogen and oxygen atoms in total. The number of hydrogen-bond donors (Lipinski definition) is 0. The molecule has 0 aliphatic heterocycles. The van der Waals surface area contributed by atoms with Gasteiger partial charge in [-0.15, -0.1) is 0 Å².